The molecule has 0 saturated carbocycles. The number of hydrogen-bond donors (Lipinski definition) is 1. The number of nitrogens with zero attached hydrogens (tertiary/aromatic N) is 1. The SMILES string of the molecule is CCOc1ccccc1N(CC(=O)NC(C(C)C)C(C)C)S(=O)(=O)c1ccc(Cl)cc1. The van der Waals surface area contributed by atoms with Gasteiger partial charge in [0, 0.05) is 11.1 Å². The van der Waals surface area contributed by atoms with Crippen molar-refractivity contribution in [2.45, 2.75) is 45.6 Å². The summed E-state index contributed by atoms with van der Waals surface area (Å²) in [6, 6.07) is 12.6. The van der Waals surface area contributed by atoms with Gasteiger partial charge in [0.2, 0.25) is 5.91 Å². The third-order valence-electron chi connectivity index (χ3n) is 4.89. The topological polar surface area (TPSA) is 75.7 Å². The zero-order valence-corrected chi connectivity index (χ0v) is 20.2. The van der Waals surface area contributed by atoms with E-state index in [1.165, 1.54) is 24.3 Å². The van der Waals surface area contributed by atoms with Crippen LogP contribution in [-0.4, -0.2) is 33.5 Å². The van der Waals surface area contributed by atoms with E-state index in [2.05, 4.69) is 5.32 Å². The van der Waals surface area contributed by atoms with Crippen molar-refractivity contribution in [2.24, 2.45) is 11.8 Å². The number of nitrogens with one attached hydrogen (secondary N) is 1. The van der Waals surface area contributed by atoms with E-state index in [-0.39, 0.29) is 35.2 Å². The molecule has 0 bridgehead atoms. The predicted octanol–water partition coefficient (Wildman–Crippen LogP) is 4.73. The largest absolute Gasteiger partial charge is 0.492 e. The Morgan fingerprint density at radius 1 is 1.03 bits per heavy atom. The Bertz CT molecular complexity index is 967. The highest BCUT2D eigenvalue weighted by molar-refractivity contribution is 7.92. The van der Waals surface area contributed by atoms with E-state index in [4.69, 9.17) is 16.3 Å². The van der Waals surface area contributed by atoms with Gasteiger partial charge in [-0.1, -0.05) is 51.4 Å². The van der Waals surface area contributed by atoms with Crippen molar-refractivity contribution in [3.63, 3.8) is 0 Å². The van der Waals surface area contributed by atoms with Crippen molar-refractivity contribution in [1.82, 2.24) is 5.32 Å². The quantitative estimate of drug-likeness (QED) is 0.549. The summed E-state index contributed by atoms with van der Waals surface area (Å²) in [6.45, 7) is 9.91. The molecule has 0 aliphatic heterocycles. The average molecular weight is 467 g/mol. The van der Waals surface area contributed by atoms with Gasteiger partial charge in [-0.25, -0.2) is 8.42 Å². The molecular weight excluding hydrogens is 436 g/mol. The maximum Gasteiger partial charge on any atom is 0.264 e. The van der Waals surface area contributed by atoms with Crippen LogP contribution in [0.2, 0.25) is 5.02 Å². The van der Waals surface area contributed by atoms with Crippen LogP contribution < -0.4 is 14.4 Å². The summed E-state index contributed by atoms with van der Waals surface area (Å²) < 4.78 is 33.8. The Morgan fingerprint density at radius 3 is 2.16 bits per heavy atom. The summed E-state index contributed by atoms with van der Waals surface area (Å²) in [7, 11) is -4.05. The third kappa shape index (κ3) is 6.37. The number of anilines is 1. The molecule has 2 aromatic carbocycles. The highest BCUT2D eigenvalue weighted by Crippen LogP contribution is 2.32. The molecule has 6 nitrogen and oxygen atoms in total. The molecule has 0 aliphatic carbocycles. The fourth-order valence-corrected chi connectivity index (χ4v) is 5.00. The van der Waals surface area contributed by atoms with Crippen LogP contribution >= 0.6 is 11.6 Å². The summed E-state index contributed by atoms with van der Waals surface area (Å²) in [5.74, 6) is 0.429. The van der Waals surface area contributed by atoms with Crippen LogP contribution in [0.15, 0.2) is 53.4 Å². The monoisotopic (exact) mass is 466 g/mol. The highest BCUT2D eigenvalue weighted by Gasteiger charge is 2.30. The van der Waals surface area contributed by atoms with Gasteiger partial charge in [-0.05, 0) is 55.2 Å². The molecule has 0 radical (unpaired) electrons. The predicted molar refractivity (Wildman–Crippen MR) is 125 cm³/mol. The number of carbonyl (C=O) groups excluding carboxylic acids is 1. The molecule has 170 valence electrons. The minimum absolute atomic E-state index is 0.0419. The van der Waals surface area contributed by atoms with E-state index >= 15 is 0 Å². The lowest BCUT2D eigenvalue weighted by Crippen LogP contribution is -2.48. The first-order chi connectivity index (χ1) is 14.6. The molecule has 0 unspecified atom stereocenters. The zero-order valence-electron chi connectivity index (χ0n) is 18.6. The first-order valence-electron chi connectivity index (χ1n) is 10.4. The summed E-state index contributed by atoms with van der Waals surface area (Å²) >= 11 is 5.93. The fraction of sp³-hybridized carbons (Fsp3) is 0.435. The third-order valence-corrected chi connectivity index (χ3v) is 6.91. The molecule has 2 rings (SSSR count). The van der Waals surface area contributed by atoms with E-state index in [0.29, 0.717) is 23.1 Å². The number of rotatable bonds is 10. The Kier molecular flexibility index (Phi) is 8.77. The molecule has 8 heteroatoms. The molecule has 0 heterocycles. The lowest BCUT2D eigenvalue weighted by molar-refractivity contribution is -0.121. The Balaban J connectivity index is 2.49. The van der Waals surface area contributed by atoms with Gasteiger partial charge >= 0.3 is 0 Å². The molecular formula is C23H31ClN2O4S. The summed E-state index contributed by atoms with van der Waals surface area (Å²) in [6.07, 6.45) is 0. The van der Waals surface area contributed by atoms with Crippen molar-refractivity contribution in [3.05, 3.63) is 53.6 Å². The van der Waals surface area contributed by atoms with Gasteiger partial charge in [-0.2, -0.15) is 0 Å². The molecule has 31 heavy (non-hydrogen) atoms. The lowest BCUT2D eigenvalue weighted by Gasteiger charge is -2.29. The molecule has 0 aliphatic rings. The molecule has 0 atom stereocenters. The molecule has 0 spiro atoms. The maximum absolute atomic E-state index is 13.5. The van der Waals surface area contributed by atoms with E-state index in [1.54, 1.807) is 24.3 Å². The summed E-state index contributed by atoms with van der Waals surface area (Å²) in [4.78, 5) is 13.0. The standard InChI is InChI=1S/C23H31ClN2O4S/c1-6-30-21-10-8-7-9-20(21)26(15-22(27)25-23(16(2)3)17(4)5)31(28,29)19-13-11-18(24)12-14-19/h7-14,16-17,23H,6,15H2,1-5H3,(H,25,27). The average Bonchev–Trinajstić information content (AvgIpc) is 2.71. The number of benzene rings is 2. The van der Waals surface area contributed by atoms with Gasteiger partial charge in [0.15, 0.2) is 0 Å². The van der Waals surface area contributed by atoms with Gasteiger partial charge < -0.3 is 10.1 Å². The van der Waals surface area contributed by atoms with Crippen LogP contribution in [0, 0.1) is 11.8 Å². The van der Waals surface area contributed by atoms with Crippen LogP contribution in [-0.2, 0) is 14.8 Å². The van der Waals surface area contributed by atoms with Crippen molar-refractivity contribution < 1.29 is 17.9 Å². The van der Waals surface area contributed by atoms with Crippen molar-refractivity contribution in [1.29, 1.82) is 0 Å². The minimum atomic E-state index is -4.05. The second kappa shape index (κ2) is 10.9. The molecule has 0 saturated heterocycles. The Labute approximate surface area is 190 Å². The van der Waals surface area contributed by atoms with Crippen LogP contribution in [0.3, 0.4) is 0 Å². The van der Waals surface area contributed by atoms with E-state index in [0.717, 1.165) is 4.31 Å². The molecule has 1 amide bonds. The normalized spacial score (nSPS) is 11.8. The second-order valence-corrected chi connectivity index (χ2v) is 10.2. The Morgan fingerprint density at radius 2 is 1.61 bits per heavy atom. The maximum atomic E-state index is 13.5. The van der Waals surface area contributed by atoms with Crippen LogP contribution in [0.25, 0.3) is 0 Å². The van der Waals surface area contributed by atoms with E-state index < -0.39 is 10.0 Å². The molecule has 2 aromatic rings. The first-order valence-corrected chi connectivity index (χ1v) is 12.2. The zero-order chi connectivity index (χ0) is 23.2. The minimum Gasteiger partial charge on any atom is -0.492 e. The lowest BCUT2D eigenvalue weighted by atomic mass is 9.93. The van der Waals surface area contributed by atoms with Gasteiger partial charge in [0.1, 0.15) is 12.3 Å². The summed E-state index contributed by atoms with van der Waals surface area (Å²) in [5, 5.41) is 3.42. The number of carbonyl (C=O) groups is 1. The number of ether oxygens (including phenoxy) is 1. The highest BCUT2D eigenvalue weighted by atomic mass is 35.5. The van der Waals surface area contributed by atoms with Gasteiger partial charge in [-0.3, -0.25) is 9.10 Å². The fourth-order valence-electron chi connectivity index (χ4n) is 3.44. The van der Waals surface area contributed by atoms with Crippen LogP contribution in [0.5, 0.6) is 5.75 Å². The second-order valence-electron chi connectivity index (χ2n) is 7.95. The molecule has 0 fully saturated rings. The first kappa shape index (κ1) is 25.0. The van der Waals surface area contributed by atoms with Crippen molar-refractivity contribution >= 4 is 33.2 Å². The summed E-state index contributed by atoms with van der Waals surface area (Å²) in [5.41, 5.74) is 0.306. The van der Waals surface area contributed by atoms with Crippen LogP contribution in [0.1, 0.15) is 34.6 Å². The number of para-hydroxylation sites is 2. The van der Waals surface area contributed by atoms with Crippen molar-refractivity contribution in [2.75, 3.05) is 17.5 Å². The number of sulfonamides is 1. The van der Waals surface area contributed by atoms with Gasteiger partial charge in [0.25, 0.3) is 10.0 Å². The van der Waals surface area contributed by atoms with Gasteiger partial charge in [-0.15, -0.1) is 0 Å². The van der Waals surface area contributed by atoms with E-state index in [1.807, 2.05) is 34.6 Å². The smallest absolute Gasteiger partial charge is 0.264 e. The van der Waals surface area contributed by atoms with E-state index in [9.17, 15) is 13.2 Å². The molecule has 1 N–H and O–H groups in total. The number of amides is 1. The number of hydrogen-bond acceptors (Lipinski definition) is 4. The molecule has 0 aromatic heterocycles. The van der Waals surface area contributed by atoms with Crippen molar-refractivity contribution in [3.8, 4) is 5.75 Å². The Hall–Kier alpha value is -2.25. The van der Waals surface area contributed by atoms with Crippen LogP contribution in [0.4, 0.5) is 5.69 Å². The van der Waals surface area contributed by atoms with Gasteiger partial charge in [0.05, 0.1) is 17.2 Å². The number of halogens is 1.